The van der Waals surface area contributed by atoms with Crippen LogP contribution in [-0.2, 0) is 0 Å². The summed E-state index contributed by atoms with van der Waals surface area (Å²) in [5, 5.41) is 17.0. The SMILES string of the molecule is CCNC(=S)NC1CCC(O)c2ccccc21. The van der Waals surface area contributed by atoms with Gasteiger partial charge in [-0.3, -0.25) is 0 Å². The van der Waals surface area contributed by atoms with Gasteiger partial charge in [-0.05, 0) is 43.1 Å². The predicted octanol–water partition coefficient (Wildman–Crippen LogP) is 2.04. The van der Waals surface area contributed by atoms with E-state index in [1.165, 1.54) is 0 Å². The minimum absolute atomic E-state index is 0.209. The summed E-state index contributed by atoms with van der Waals surface area (Å²) in [6.07, 6.45) is 1.35. The van der Waals surface area contributed by atoms with E-state index in [1.807, 2.05) is 25.1 Å². The minimum atomic E-state index is -0.336. The van der Waals surface area contributed by atoms with Crippen molar-refractivity contribution in [3.63, 3.8) is 0 Å². The number of hydrogen-bond donors (Lipinski definition) is 3. The molecule has 0 aromatic heterocycles. The van der Waals surface area contributed by atoms with Gasteiger partial charge in [0.2, 0.25) is 0 Å². The zero-order valence-corrected chi connectivity index (χ0v) is 10.8. The highest BCUT2D eigenvalue weighted by atomic mass is 32.1. The van der Waals surface area contributed by atoms with E-state index < -0.39 is 0 Å². The monoisotopic (exact) mass is 250 g/mol. The molecular formula is C13H18N2OS. The van der Waals surface area contributed by atoms with Crippen molar-refractivity contribution in [2.45, 2.75) is 31.9 Å². The van der Waals surface area contributed by atoms with Crippen molar-refractivity contribution in [1.82, 2.24) is 10.6 Å². The highest BCUT2D eigenvalue weighted by molar-refractivity contribution is 7.80. The number of fused-ring (bicyclic) bond motifs is 1. The van der Waals surface area contributed by atoms with Crippen LogP contribution in [-0.4, -0.2) is 16.8 Å². The Hall–Kier alpha value is -1.13. The quantitative estimate of drug-likeness (QED) is 0.703. The molecule has 0 spiro atoms. The molecule has 0 saturated carbocycles. The van der Waals surface area contributed by atoms with Crippen molar-refractivity contribution in [2.75, 3.05) is 6.54 Å². The van der Waals surface area contributed by atoms with Crippen molar-refractivity contribution in [1.29, 1.82) is 0 Å². The molecule has 0 saturated heterocycles. The van der Waals surface area contributed by atoms with Crippen LogP contribution in [0.1, 0.15) is 43.0 Å². The molecule has 0 radical (unpaired) electrons. The van der Waals surface area contributed by atoms with Crippen molar-refractivity contribution >= 4 is 17.3 Å². The molecule has 0 aliphatic heterocycles. The summed E-state index contributed by atoms with van der Waals surface area (Å²) in [5.41, 5.74) is 2.18. The topological polar surface area (TPSA) is 44.3 Å². The smallest absolute Gasteiger partial charge is 0.166 e. The lowest BCUT2D eigenvalue weighted by molar-refractivity contribution is 0.149. The van der Waals surface area contributed by atoms with Crippen LogP contribution >= 0.6 is 12.2 Å². The third kappa shape index (κ3) is 2.76. The molecule has 92 valence electrons. The van der Waals surface area contributed by atoms with Gasteiger partial charge < -0.3 is 15.7 Å². The molecule has 17 heavy (non-hydrogen) atoms. The van der Waals surface area contributed by atoms with Gasteiger partial charge in [-0.15, -0.1) is 0 Å². The molecular weight excluding hydrogens is 232 g/mol. The summed E-state index contributed by atoms with van der Waals surface area (Å²) in [5.74, 6) is 0. The second kappa shape index (κ2) is 5.47. The van der Waals surface area contributed by atoms with Crippen LogP contribution in [0.2, 0.25) is 0 Å². The first-order valence-corrected chi connectivity index (χ1v) is 6.44. The summed E-state index contributed by atoms with van der Waals surface area (Å²) in [4.78, 5) is 0. The van der Waals surface area contributed by atoms with Crippen molar-refractivity contribution in [2.24, 2.45) is 0 Å². The first-order chi connectivity index (χ1) is 8.22. The highest BCUT2D eigenvalue weighted by Crippen LogP contribution is 2.35. The third-order valence-electron chi connectivity index (χ3n) is 3.10. The number of aliphatic hydroxyl groups is 1. The molecule has 0 heterocycles. The Balaban J connectivity index is 2.16. The molecule has 1 aromatic carbocycles. The van der Waals surface area contributed by atoms with Crippen molar-refractivity contribution in [3.05, 3.63) is 35.4 Å². The average molecular weight is 250 g/mol. The predicted molar refractivity (Wildman–Crippen MR) is 72.8 cm³/mol. The summed E-state index contributed by atoms with van der Waals surface area (Å²) in [6.45, 7) is 2.84. The maximum atomic E-state index is 9.94. The van der Waals surface area contributed by atoms with Crippen LogP contribution < -0.4 is 10.6 Å². The van der Waals surface area contributed by atoms with E-state index in [1.54, 1.807) is 0 Å². The van der Waals surface area contributed by atoms with Gasteiger partial charge in [-0.1, -0.05) is 24.3 Å². The number of aliphatic hydroxyl groups excluding tert-OH is 1. The molecule has 2 atom stereocenters. The second-order valence-corrected chi connectivity index (χ2v) is 4.69. The van der Waals surface area contributed by atoms with E-state index in [-0.39, 0.29) is 12.1 Å². The standard InChI is InChI=1S/C13H18N2OS/c1-2-14-13(17)15-11-7-8-12(16)10-6-4-3-5-9(10)11/h3-6,11-12,16H,2,7-8H2,1H3,(H2,14,15,17). The molecule has 3 nitrogen and oxygen atoms in total. The van der Waals surface area contributed by atoms with E-state index in [4.69, 9.17) is 12.2 Å². The van der Waals surface area contributed by atoms with E-state index in [2.05, 4.69) is 16.7 Å². The van der Waals surface area contributed by atoms with Crippen LogP contribution in [0.4, 0.5) is 0 Å². The Bertz CT molecular complexity index is 408. The van der Waals surface area contributed by atoms with Crippen molar-refractivity contribution in [3.8, 4) is 0 Å². The van der Waals surface area contributed by atoms with Gasteiger partial charge >= 0.3 is 0 Å². The zero-order valence-electron chi connectivity index (χ0n) is 9.94. The fourth-order valence-corrected chi connectivity index (χ4v) is 2.57. The molecule has 0 amide bonds. The van der Waals surface area contributed by atoms with Crippen LogP contribution in [0, 0.1) is 0 Å². The van der Waals surface area contributed by atoms with Gasteiger partial charge in [0.1, 0.15) is 0 Å². The Labute approximate surface area is 107 Å². The molecule has 2 rings (SSSR count). The van der Waals surface area contributed by atoms with E-state index in [9.17, 15) is 5.11 Å². The summed E-state index contributed by atoms with van der Waals surface area (Å²) in [7, 11) is 0. The fraction of sp³-hybridized carbons (Fsp3) is 0.462. The first kappa shape index (κ1) is 12.3. The maximum Gasteiger partial charge on any atom is 0.166 e. The number of thiocarbonyl (C=S) groups is 1. The Morgan fingerprint density at radius 3 is 2.76 bits per heavy atom. The fourth-order valence-electron chi connectivity index (χ4n) is 2.29. The lowest BCUT2D eigenvalue weighted by Crippen LogP contribution is -2.39. The number of hydrogen-bond acceptors (Lipinski definition) is 2. The lowest BCUT2D eigenvalue weighted by Gasteiger charge is -2.30. The molecule has 2 unspecified atom stereocenters. The van der Waals surface area contributed by atoms with Gasteiger partial charge in [-0.25, -0.2) is 0 Å². The van der Waals surface area contributed by atoms with Gasteiger partial charge in [-0.2, -0.15) is 0 Å². The minimum Gasteiger partial charge on any atom is -0.388 e. The number of nitrogens with one attached hydrogen (secondary N) is 2. The Morgan fingerprint density at radius 1 is 1.35 bits per heavy atom. The van der Waals surface area contributed by atoms with E-state index >= 15 is 0 Å². The van der Waals surface area contributed by atoms with Gasteiger partial charge in [0.15, 0.2) is 5.11 Å². The first-order valence-electron chi connectivity index (χ1n) is 6.03. The Kier molecular flexibility index (Phi) is 3.97. The zero-order chi connectivity index (χ0) is 12.3. The summed E-state index contributed by atoms with van der Waals surface area (Å²) in [6, 6.07) is 8.23. The van der Waals surface area contributed by atoms with Crippen LogP contribution in [0.25, 0.3) is 0 Å². The van der Waals surface area contributed by atoms with E-state index in [0.717, 1.165) is 30.5 Å². The van der Waals surface area contributed by atoms with Gasteiger partial charge in [0.05, 0.1) is 12.1 Å². The molecule has 3 N–H and O–H groups in total. The third-order valence-corrected chi connectivity index (χ3v) is 3.36. The Morgan fingerprint density at radius 2 is 2.06 bits per heavy atom. The van der Waals surface area contributed by atoms with Gasteiger partial charge in [0.25, 0.3) is 0 Å². The van der Waals surface area contributed by atoms with Crippen LogP contribution in [0.5, 0.6) is 0 Å². The normalized spacial score (nSPS) is 22.7. The molecule has 4 heteroatoms. The average Bonchev–Trinajstić information content (AvgIpc) is 2.34. The molecule has 1 aliphatic carbocycles. The largest absolute Gasteiger partial charge is 0.388 e. The summed E-state index contributed by atoms with van der Waals surface area (Å²) >= 11 is 5.21. The van der Waals surface area contributed by atoms with Crippen molar-refractivity contribution < 1.29 is 5.11 Å². The number of rotatable bonds is 2. The molecule has 0 bridgehead atoms. The molecule has 1 aromatic rings. The second-order valence-electron chi connectivity index (χ2n) is 4.28. The van der Waals surface area contributed by atoms with Crippen LogP contribution in [0.15, 0.2) is 24.3 Å². The van der Waals surface area contributed by atoms with E-state index in [0.29, 0.717) is 5.11 Å². The van der Waals surface area contributed by atoms with Gasteiger partial charge in [0, 0.05) is 6.54 Å². The highest BCUT2D eigenvalue weighted by Gasteiger charge is 2.25. The summed E-state index contributed by atoms with van der Waals surface area (Å²) < 4.78 is 0. The molecule has 1 aliphatic rings. The van der Waals surface area contributed by atoms with Crippen LogP contribution in [0.3, 0.4) is 0 Å². The molecule has 0 fully saturated rings. The lowest BCUT2D eigenvalue weighted by atomic mass is 9.86. The number of benzene rings is 1. The maximum absolute atomic E-state index is 9.94.